The number of amides is 1. The highest BCUT2D eigenvalue weighted by Gasteiger charge is 2.28. The number of carbonyl (C=O) groups excluding carboxylic acids is 1. The monoisotopic (exact) mass is 379 g/mol. The lowest BCUT2D eigenvalue weighted by Crippen LogP contribution is -2.50. The molecule has 144 valence electrons. The Balaban J connectivity index is 1.74. The van der Waals surface area contributed by atoms with Crippen LogP contribution in [-0.4, -0.2) is 73.7 Å². The van der Waals surface area contributed by atoms with E-state index < -0.39 is 10.0 Å². The zero-order valence-electron chi connectivity index (χ0n) is 15.7. The molecule has 6 nitrogen and oxygen atoms in total. The first-order chi connectivity index (χ1) is 12.4. The Labute approximate surface area is 156 Å². The molecule has 0 atom stereocenters. The molecule has 2 aliphatic rings. The zero-order valence-corrected chi connectivity index (χ0v) is 16.5. The standard InChI is InChI=1S/C19H29N3O3S/c1-16(2)20-11-13-21(14-12-20)19(23)17-7-6-8-18(15-17)26(24,25)22-9-4-3-5-10-22/h6-8,15-16H,3-5,9-14H2,1-2H3. The predicted octanol–water partition coefficient (Wildman–Crippen LogP) is 2.03. The van der Waals surface area contributed by atoms with Crippen molar-refractivity contribution in [1.29, 1.82) is 0 Å². The van der Waals surface area contributed by atoms with Gasteiger partial charge in [-0.2, -0.15) is 4.31 Å². The topological polar surface area (TPSA) is 60.9 Å². The fourth-order valence-corrected chi connectivity index (χ4v) is 5.23. The summed E-state index contributed by atoms with van der Waals surface area (Å²) in [5.74, 6) is -0.0795. The molecule has 1 aromatic rings. The largest absolute Gasteiger partial charge is 0.336 e. The van der Waals surface area contributed by atoms with E-state index in [0.717, 1.165) is 32.4 Å². The lowest BCUT2D eigenvalue weighted by Gasteiger charge is -2.37. The molecular formula is C19H29N3O3S. The van der Waals surface area contributed by atoms with Gasteiger partial charge in [0.1, 0.15) is 0 Å². The normalized spacial score (nSPS) is 20.5. The van der Waals surface area contributed by atoms with Crippen molar-refractivity contribution in [2.45, 2.75) is 44.0 Å². The molecule has 2 heterocycles. The molecule has 0 bridgehead atoms. The van der Waals surface area contributed by atoms with Crippen LogP contribution in [0.25, 0.3) is 0 Å². The number of piperidine rings is 1. The Morgan fingerprint density at radius 1 is 0.962 bits per heavy atom. The third kappa shape index (κ3) is 4.10. The maximum absolute atomic E-state index is 12.9. The summed E-state index contributed by atoms with van der Waals surface area (Å²) < 4.78 is 27.2. The Morgan fingerprint density at radius 3 is 2.23 bits per heavy atom. The number of rotatable bonds is 4. The first kappa shape index (κ1) is 19.3. The van der Waals surface area contributed by atoms with Gasteiger partial charge in [0.25, 0.3) is 5.91 Å². The molecule has 0 radical (unpaired) electrons. The number of hydrogen-bond acceptors (Lipinski definition) is 4. The fourth-order valence-electron chi connectivity index (χ4n) is 3.67. The van der Waals surface area contributed by atoms with E-state index in [2.05, 4.69) is 18.7 Å². The summed E-state index contributed by atoms with van der Waals surface area (Å²) >= 11 is 0. The van der Waals surface area contributed by atoms with Gasteiger partial charge in [-0.25, -0.2) is 8.42 Å². The van der Waals surface area contributed by atoms with Crippen molar-refractivity contribution in [2.75, 3.05) is 39.3 Å². The summed E-state index contributed by atoms with van der Waals surface area (Å²) in [5.41, 5.74) is 0.459. The molecule has 0 spiro atoms. The van der Waals surface area contributed by atoms with Gasteiger partial charge in [0.05, 0.1) is 4.90 Å². The van der Waals surface area contributed by atoms with Gasteiger partial charge in [-0.05, 0) is 44.9 Å². The smallest absolute Gasteiger partial charge is 0.253 e. The lowest BCUT2D eigenvalue weighted by atomic mass is 10.1. The second kappa shape index (κ2) is 8.06. The van der Waals surface area contributed by atoms with Gasteiger partial charge in [0.2, 0.25) is 10.0 Å². The van der Waals surface area contributed by atoms with E-state index >= 15 is 0 Å². The lowest BCUT2D eigenvalue weighted by molar-refractivity contribution is 0.0595. The maximum atomic E-state index is 12.9. The number of benzene rings is 1. The Hall–Kier alpha value is -1.44. The van der Waals surface area contributed by atoms with E-state index in [1.165, 1.54) is 0 Å². The molecule has 26 heavy (non-hydrogen) atoms. The first-order valence-electron chi connectivity index (χ1n) is 9.53. The van der Waals surface area contributed by atoms with Crippen LogP contribution in [0.3, 0.4) is 0 Å². The van der Waals surface area contributed by atoms with Crippen molar-refractivity contribution < 1.29 is 13.2 Å². The average molecular weight is 380 g/mol. The molecule has 1 aromatic carbocycles. The third-order valence-electron chi connectivity index (χ3n) is 5.37. The van der Waals surface area contributed by atoms with Crippen LogP contribution in [-0.2, 0) is 10.0 Å². The van der Waals surface area contributed by atoms with Crippen molar-refractivity contribution in [3.8, 4) is 0 Å². The maximum Gasteiger partial charge on any atom is 0.253 e. The molecule has 1 amide bonds. The van der Waals surface area contributed by atoms with Crippen molar-refractivity contribution in [1.82, 2.24) is 14.1 Å². The summed E-state index contributed by atoms with van der Waals surface area (Å²) in [7, 11) is -3.51. The summed E-state index contributed by atoms with van der Waals surface area (Å²) in [6.45, 7) is 8.53. The van der Waals surface area contributed by atoms with Gasteiger partial charge < -0.3 is 4.90 Å². The Kier molecular flexibility index (Phi) is 5.99. The Bertz CT molecular complexity index is 734. The van der Waals surface area contributed by atoms with E-state index in [0.29, 0.717) is 37.8 Å². The highest BCUT2D eigenvalue weighted by molar-refractivity contribution is 7.89. The number of sulfonamides is 1. The number of nitrogens with zero attached hydrogens (tertiary/aromatic N) is 3. The van der Waals surface area contributed by atoms with Crippen molar-refractivity contribution in [3.05, 3.63) is 29.8 Å². The molecule has 3 rings (SSSR count). The van der Waals surface area contributed by atoms with E-state index in [4.69, 9.17) is 0 Å². The molecule has 2 saturated heterocycles. The van der Waals surface area contributed by atoms with Gasteiger partial charge in [0.15, 0.2) is 0 Å². The SMILES string of the molecule is CC(C)N1CCN(C(=O)c2cccc(S(=O)(=O)N3CCCCC3)c2)CC1. The van der Waals surface area contributed by atoms with Crippen LogP contribution in [0.4, 0.5) is 0 Å². The van der Waals surface area contributed by atoms with Crippen LogP contribution in [0.15, 0.2) is 29.2 Å². The third-order valence-corrected chi connectivity index (χ3v) is 7.26. The van der Waals surface area contributed by atoms with Gasteiger partial charge in [0, 0.05) is 50.9 Å². The van der Waals surface area contributed by atoms with Crippen LogP contribution in [0.2, 0.25) is 0 Å². The van der Waals surface area contributed by atoms with Crippen LogP contribution in [0.1, 0.15) is 43.5 Å². The summed E-state index contributed by atoms with van der Waals surface area (Å²) in [5, 5.41) is 0. The van der Waals surface area contributed by atoms with Gasteiger partial charge in [-0.1, -0.05) is 12.5 Å². The minimum absolute atomic E-state index is 0.0795. The zero-order chi connectivity index (χ0) is 18.7. The highest BCUT2D eigenvalue weighted by Crippen LogP contribution is 2.22. The van der Waals surface area contributed by atoms with Crippen molar-refractivity contribution in [3.63, 3.8) is 0 Å². The van der Waals surface area contributed by atoms with Crippen LogP contribution < -0.4 is 0 Å². The molecule has 0 N–H and O–H groups in total. The summed E-state index contributed by atoms with van der Waals surface area (Å²) in [6.07, 6.45) is 2.88. The minimum Gasteiger partial charge on any atom is -0.336 e. The van der Waals surface area contributed by atoms with Gasteiger partial charge in [-0.3, -0.25) is 9.69 Å². The second-order valence-electron chi connectivity index (χ2n) is 7.41. The predicted molar refractivity (Wildman–Crippen MR) is 102 cm³/mol. The highest BCUT2D eigenvalue weighted by atomic mass is 32.2. The second-order valence-corrected chi connectivity index (χ2v) is 9.35. The molecule has 7 heteroatoms. The molecule has 0 aromatic heterocycles. The number of carbonyl (C=O) groups is 1. The van der Waals surface area contributed by atoms with Crippen molar-refractivity contribution >= 4 is 15.9 Å². The molecule has 0 unspecified atom stereocenters. The first-order valence-corrected chi connectivity index (χ1v) is 11.0. The summed E-state index contributed by atoms with van der Waals surface area (Å²) in [4.78, 5) is 17.2. The van der Waals surface area contributed by atoms with E-state index in [9.17, 15) is 13.2 Å². The molecule has 0 aliphatic carbocycles. The van der Waals surface area contributed by atoms with Crippen molar-refractivity contribution in [2.24, 2.45) is 0 Å². The van der Waals surface area contributed by atoms with Crippen LogP contribution >= 0.6 is 0 Å². The van der Waals surface area contributed by atoms with E-state index in [-0.39, 0.29) is 10.8 Å². The molecule has 2 fully saturated rings. The molecular weight excluding hydrogens is 350 g/mol. The van der Waals surface area contributed by atoms with Crippen LogP contribution in [0.5, 0.6) is 0 Å². The quantitative estimate of drug-likeness (QED) is 0.803. The van der Waals surface area contributed by atoms with Gasteiger partial charge in [-0.15, -0.1) is 0 Å². The number of hydrogen-bond donors (Lipinski definition) is 0. The van der Waals surface area contributed by atoms with E-state index in [1.807, 2.05) is 4.90 Å². The minimum atomic E-state index is -3.51. The summed E-state index contributed by atoms with van der Waals surface area (Å²) in [6, 6.07) is 7.00. The Morgan fingerprint density at radius 2 is 1.62 bits per heavy atom. The van der Waals surface area contributed by atoms with Gasteiger partial charge >= 0.3 is 0 Å². The molecule has 2 aliphatic heterocycles. The van der Waals surface area contributed by atoms with Crippen LogP contribution in [0, 0.1) is 0 Å². The number of piperazine rings is 1. The fraction of sp³-hybridized carbons (Fsp3) is 0.632. The van der Waals surface area contributed by atoms with E-state index in [1.54, 1.807) is 28.6 Å². The molecule has 0 saturated carbocycles. The average Bonchev–Trinajstić information content (AvgIpc) is 2.68.